The van der Waals surface area contributed by atoms with Crippen molar-refractivity contribution in [3.8, 4) is 5.69 Å². The van der Waals surface area contributed by atoms with Crippen LogP contribution in [0.25, 0.3) is 5.69 Å². The maximum atomic E-state index is 13.3. The third kappa shape index (κ3) is 4.90. The average molecular weight is 425 g/mol. The summed E-state index contributed by atoms with van der Waals surface area (Å²) in [6.07, 6.45) is 1.63. The molecular formula is C21H17FN4OS2. The lowest BCUT2D eigenvalue weighted by Gasteiger charge is -2.18. The number of aromatic nitrogens is 3. The van der Waals surface area contributed by atoms with Crippen LogP contribution in [0.2, 0.25) is 0 Å². The van der Waals surface area contributed by atoms with Crippen molar-refractivity contribution in [3.05, 3.63) is 94.7 Å². The number of nitrogens with one attached hydrogen (secondary N) is 1. The topological polar surface area (TPSA) is 59.8 Å². The number of hydrogen-bond donors (Lipinski definition) is 1. The number of halogens is 1. The lowest BCUT2D eigenvalue weighted by Crippen LogP contribution is -2.30. The lowest BCUT2D eigenvalue weighted by atomic mass is 10.1. The number of nitrogens with zero attached hydrogens (tertiary/aromatic N) is 3. The number of benzene rings is 2. The van der Waals surface area contributed by atoms with Crippen molar-refractivity contribution < 1.29 is 9.18 Å². The third-order valence-corrected chi connectivity index (χ3v) is 5.95. The Balaban J connectivity index is 1.41. The summed E-state index contributed by atoms with van der Waals surface area (Å²) in [7, 11) is 0. The van der Waals surface area contributed by atoms with Crippen LogP contribution in [0, 0.1) is 5.82 Å². The van der Waals surface area contributed by atoms with Gasteiger partial charge < -0.3 is 5.32 Å². The van der Waals surface area contributed by atoms with E-state index in [4.69, 9.17) is 0 Å². The predicted octanol–water partition coefficient (Wildman–Crippen LogP) is 4.47. The van der Waals surface area contributed by atoms with Crippen molar-refractivity contribution in [3.63, 3.8) is 0 Å². The molecule has 2 aromatic heterocycles. The van der Waals surface area contributed by atoms with E-state index in [1.807, 2.05) is 47.8 Å². The van der Waals surface area contributed by atoms with Crippen molar-refractivity contribution in [1.29, 1.82) is 0 Å². The first-order chi connectivity index (χ1) is 14.2. The van der Waals surface area contributed by atoms with Crippen LogP contribution in [0.4, 0.5) is 4.39 Å². The molecule has 8 heteroatoms. The van der Waals surface area contributed by atoms with E-state index < -0.39 is 0 Å². The highest BCUT2D eigenvalue weighted by molar-refractivity contribution is 7.99. The van der Waals surface area contributed by atoms with Crippen LogP contribution < -0.4 is 5.32 Å². The number of thioether (sulfide) groups is 1. The van der Waals surface area contributed by atoms with Crippen molar-refractivity contribution in [2.75, 3.05) is 5.75 Å². The van der Waals surface area contributed by atoms with E-state index in [1.165, 1.54) is 23.9 Å². The molecule has 1 atom stereocenters. The van der Waals surface area contributed by atoms with Gasteiger partial charge in [0.15, 0.2) is 0 Å². The molecule has 1 N–H and O–H groups in total. The minimum absolute atomic E-state index is 0.145. The summed E-state index contributed by atoms with van der Waals surface area (Å²) >= 11 is 2.81. The molecule has 0 fully saturated rings. The molecule has 0 saturated carbocycles. The highest BCUT2D eigenvalue weighted by Gasteiger charge is 2.18. The molecule has 5 nitrogen and oxygen atoms in total. The first kappa shape index (κ1) is 19.4. The first-order valence-corrected chi connectivity index (χ1v) is 10.7. The number of hydrogen-bond acceptors (Lipinski definition) is 5. The van der Waals surface area contributed by atoms with E-state index in [0.29, 0.717) is 5.16 Å². The van der Waals surface area contributed by atoms with Crippen LogP contribution in [0.15, 0.2) is 83.6 Å². The molecule has 0 aliphatic heterocycles. The molecule has 146 valence electrons. The van der Waals surface area contributed by atoms with Crippen molar-refractivity contribution >= 4 is 29.0 Å². The largest absolute Gasteiger partial charge is 0.344 e. The van der Waals surface area contributed by atoms with E-state index >= 15 is 0 Å². The fraction of sp³-hybridized carbons (Fsp3) is 0.0952. The van der Waals surface area contributed by atoms with E-state index in [1.54, 1.807) is 34.5 Å². The number of amides is 1. The molecule has 2 aromatic carbocycles. The second-order valence-electron chi connectivity index (χ2n) is 6.16. The van der Waals surface area contributed by atoms with E-state index in [9.17, 15) is 9.18 Å². The summed E-state index contributed by atoms with van der Waals surface area (Å²) < 4.78 is 15.0. The summed E-state index contributed by atoms with van der Waals surface area (Å²) in [6, 6.07) is 19.4. The molecule has 0 aliphatic rings. The van der Waals surface area contributed by atoms with Gasteiger partial charge in [0.2, 0.25) is 11.1 Å². The Bertz CT molecular complexity index is 1070. The second-order valence-corrected chi connectivity index (χ2v) is 8.09. The Morgan fingerprint density at radius 3 is 2.62 bits per heavy atom. The van der Waals surface area contributed by atoms with Crippen LogP contribution in [0.5, 0.6) is 0 Å². The highest BCUT2D eigenvalue weighted by atomic mass is 32.2. The standard InChI is InChI=1S/C21H17FN4OS2/c22-16-10-8-15(9-11-16)20(18-7-4-12-28-18)24-19(27)13-29-21-23-14-26(25-21)17-5-2-1-3-6-17/h1-12,14,20H,13H2,(H,24,27). The molecule has 1 unspecified atom stereocenters. The highest BCUT2D eigenvalue weighted by Crippen LogP contribution is 2.26. The lowest BCUT2D eigenvalue weighted by molar-refractivity contribution is -0.119. The van der Waals surface area contributed by atoms with Gasteiger partial charge in [-0.2, -0.15) is 0 Å². The smallest absolute Gasteiger partial charge is 0.231 e. The van der Waals surface area contributed by atoms with Crippen LogP contribution >= 0.6 is 23.1 Å². The summed E-state index contributed by atoms with van der Waals surface area (Å²) in [4.78, 5) is 17.8. The van der Waals surface area contributed by atoms with Crippen LogP contribution in [-0.2, 0) is 4.79 Å². The number of carbonyl (C=O) groups excluding carboxylic acids is 1. The zero-order valence-electron chi connectivity index (χ0n) is 15.2. The van der Waals surface area contributed by atoms with Crippen molar-refractivity contribution in [2.24, 2.45) is 0 Å². The fourth-order valence-corrected chi connectivity index (χ4v) is 4.19. The minimum atomic E-state index is -0.321. The average Bonchev–Trinajstić information content (AvgIpc) is 3.44. The maximum absolute atomic E-state index is 13.3. The Morgan fingerprint density at radius 1 is 1.10 bits per heavy atom. The molecule has 4 aromatic rings. The van der Waals surface area contributed by atoms with Gasteiger partial charge in [0, 0.05) is 4.88 Å². The molecule has 2 heterocycles. The van der Waals surface area contributed by atoms with Crippen LogP contribution in [-0.4, -0.2) is 26.4 Å². The Labute approximate surface area is 175 Å². The van der Waals surface area contributed by atoms with Crippen LogP contribution in [0.1, 0.15) is 16.5 Å². The Morgan fingerprint density at radius 2 is 1.90 bits per heavy atom. The first-order valence-electron chi connectivity index (χ1n) is 8.87. The molecule has 0 bridgehead atoms. The van der Waals surface area contributed by atoms with Gasteiger partial charge in [0.05, 0.1) is 17.5 Å². The van der Waals surface area contributed by atoms with Gasteiger partial charge in [-0.25, -0.2) is 14.1 Å². The second kappa shape index (κ2) is 9.02. The normalized spacial score (nSPS) is 11.9. The third-order valence-electron chi connectivity index (χ3n) is 4.16. The summed E-state index contributed by atoms with van der Waals surface area (Å²) in [5, 5.41) is 9.91. The fourth-order valence-electron chi connectivity index (χ4n) is 2.78. The Kier molecular flexibility index (Phi) is 6.02. The molecule has 1 amide bonds. The Hall–Kier alpha value is -2.97. The van der Waals surface area contributed by atoms with Crippen molar-refractivity contribution in [2.45, 2.75) is 11.2 Å². The quantitative estimate of drug-likeness (QED) is 0.445. The zero-order valence-corrected chi connectivity index (χ0v) is 16.9. The monoisotopic (exact) mass is 424 g/mol. The SMILES string of the molecule is O=C(CSc1ncn(-c2ccccc2)n1)NC(c1ccc(F)cc1)c1cccs1. The van der Waals surface area contributed by atoms with E-state index in [0.717, 1.165) is 16.1 Å². The summed E-state index contributed by atoms with van der Waals surface area (Å²) in [5.74, 6) is -0.267. The predicted molar refractivity (Wildman–Crippen MR) is 113 cm³/mol. The number of para-hydroxylation sites is 1. The van der Waals surface area contributed by atoms with Crippen molar-refractivity contribution in [1.82, 2.24) is 20.1 Å². The number of carbonyl (C=O) groups is 1. The molecule has 0 spiro atoms. The zero-order chi connectivity index (χ0) is 20.1. The maximum Gasteiger partial charge on any atom is 0.231 e. The molecule has 0 saturated heterocycles. The van der Waals surface area contributed by atoms with Gasteiger partial charge >= 0.3 is 0 Å². The van der Waals surface area contributed by atoms with Gasteiger partial charge in [-0.15, -0.1) is 16.4 Å². The molecule has 4 rings (SSSR count). The summed E-state index contributed by atoms with van der Waals surface area (Å²) in [5.41, 5.74) is 1.74. The minimum Gasteiger partial charge on any atom is -0.344 e. The number of rotatable bonds is 7. The van der Waals surface area contributed by atoms with Gasteiger partial charge in [0.1, 0.15) is 12.1 Å². The van der Waals surface area contributed by atoms with E-state index in [2.05, 4.69) is 15.4 Å². The van der Waals surface area contributed by atoms with Crippen LogP contribution in [0.3, 0.4) is 0 Å². The molecule has 0 radical (unpaired) electrons. The van der Waals surface area contributed by atoms with Gasteiger partial charge in [-0.3, -0.25) is 4.79 Å². The number of thiophene rings is 1. The van der Waals surface area contributed by atoms with Gasteiger partial charge in [-0.1, -0.05) is 48.2 Å². The molecule has 29 heavy (non-hydrogen) atoms. The molecular weight excluding hydrogens is 407 g/mol. The van der Waals surface area contributed by atoms with Gasteiger partial charge in [0.25, 0.3) is 0 Å². The molecule has 0 aliphatic carbocycles. The summed E-state index contributed by atoms with van der Waals surface area (Å²) in [6.45, 7) is 0. The van der Waals surface area contributed by atoms with Gasteiger partial charge in [-0.05, 0) is 41.3 Å². The van der Waals surface area contributed by atoms with E-state index in [-0.39, 0.29) is 23.5 Å².